The summed E-state index contributed by atoms with van der Waals surface area (Å²) in [6.45, 7) is 1.89. The van der Waals surface area contributed by atoms with Crippen molar-refractivity contribution < 1.29 is 9.18 Å². The minimum Gasteiger partial charge on any atom is -0.287 e. The minimum absolute atomic E-state index is 0.103. The predicted octanol–water partition coefficient (Wildman–Crippen LogP) is 2.82. The quantitative estimate of drug-likeness (QED) is 0.828. The summed E-state index contributed by atoms with van der Waals surface area (Å²) < 4.78 is 12.8. The molecule has 1 atom stereocenters. The second kappa shape index (κ2) is 6.11. The zero-order valence-electron chi connectivity index (χ0n) is 10.6. The Balaban J connectivity index is 1.92. The van der Waals surface area contributed by atoms with E-state index in [2.05, 4.69) is 10.9 Å². The molecule has 0 saturated heterocycles. The second-order valence-corrected chi connectivity index (χ2v) is 4.24. The van der Waals surface area contributed by atoms with Crippen molar-refractivity contribution in [2.24, 2.45) is 0 Å². The van der Waals surface area contributed by atoms with Gasteiger partial charge in [0.1, 0.15) is 5.82 Å². The van der Waals surface area contributed by atoms with E-state index in [9.17, 15) is 9.18 Å². The van der Waals surface area contributed by atoms with Crippen molar-refractivity contribution in [2.45, 2.75) is 13.0 Å². The fraction of sp³-hybridized carbons (Fsp3) is 0.133. The maximum Gasteiger partial charge on any atom is 0.265 e. The predicted molar refractivity (Wildman–Crippen MR) is 71.9 cm³/mol. The molecule has 0 bridgehead atoms. The van der Waals surface area contributed by atoms with E-state index in [0.29, 0.717) is 5.56 Å². The van der Waals surface area contributed by atoms with Crippen molar-refractivity contribution in [1.82, 2.24) is 10.9 Å². The van der Waals surface area contributed by atoms with Gasteiger partial charge >= 0.3 is 0 Å². The molecular weight excluding hydrogens is 243 g/mol. The van der Waals surface area contributed by atoms with E-state index in [0.717, 1.165) is 5.56 Å². The number of rotatable bonds is 4. The van der Waals surface area contributed by atoms with Gasteiger partial charge in [-0.2, -0.15) is 0 Å². The lowest BCUT2D eigenvalue weighted by Crippen LogP contribution is -2.39. The van der Waals surface area contributed by atoms with Gasteiger partial charge in [0.2, 0.25) is 0 Å². The summed E-state index contributed by atoms with van der Waals surface area (Å²) in [5, 5.41) is 0. The molecule has 2 N–H and O–H groups in total. The highest BCUT2D eigenvalue weighted by atomic mass is 19.1. The number of hydrogen-bond acceptors (Lipinski definition) is 2. The van der Waals surface area contributed by atoms with Crippen LogP contribution in [0.2, 0.25) is 0 Å². The molecule has 0 fully saturated rings. The molecule has 3 nitrogen and oxygen atoms in total. The first-order chi connectivity index (χ1) is 9.16. The number of benzene rings is 2. The average Bonchev–Trinajstić information content (AvgIpc) is 2.46. The zero-order chi connectivity index (χ0) is 13.7. The van der Waals surface area contributed by atoms with Crippen molar-refractivity contribution in [2.75, 3.05) is 0 Å². The molecule has 0 radical (unpaired) electrons. The molecule has 2 rings (SSSR count). The van der Waals surface area contributed by atoms with Gasteiger partial charge in [0.25, 0.3) is 5.91 Å². The Morgan fingerprint density at radius 3 is 2.32 bits per heavy atom. The van der Waals surface area contributed by atoms with Crippen molar-refractivity contribution in [1.29, 1.82) is 0 Å². The number of carbonyl (C=O) groups excluding carboxylic acids is 1. The number of carbonyl (C=O) groups is 1. The van der Waals surface area contributed by atoms with Crippen LogP contribution in [0.3, 0.4) is 0 Å². The lowest BCUT2D eigenvalue weighted by Gasteiger charge is -2.15. The fourth-order valence-electron chi connectivity index (χ4n) is 1.67. The molecule has 1 amide bonds. The van der Waals surface area contributed by atoms with E-state index in [4.69, 9.17) is 0 Å². The van der Waals surface area contributed by atoms with E-state index in [1.165, 1.54) is 12.1 Å². The molecule has 0 heterocycles. The SMILES string of the molecule is C[C@@H](NNC(=O)c1ccccc1)c1ccc(F)cc1. The minimum atomic E-state index is -0.274. The van der Waals surface area contributed by atoms with Gasteiger partial charge in [-0.05, 0) is 36.8 Å². The lowest BCUT2D eigenvalue weighted by molar-refractivity contribution is 0.0926. The summed E-state index contributed by atoms with van der Waals surface area (Å²) in [4.78, 5) is 11.8. The van der Waals surface area contributed by atoms with E-state index < -0.39 is 0 Å². The normalized spacial score (nSPS) is 11.9. The van der Waals surface area contributed by atoms with E-state index >= 15 is 0 Å². The number of hydrogen-bond donors (Lipinski definition) is 2. The molecule has 0 aliphatic carbocycles. The highest BCUT2D eigenvalue weighted by Gasteiger charge is 2.08. The van der Waals surface area contributed by atoms with Crippen molar-refractivity contribution in [3.05, 3.63) is 71.5 Å². The number of halogens is 1. The van der Waals surface area contributed by atoms with E-state index in [-0.39, 0.29) is 17.8 Å². The molecule has 0 saturated carbocycles. The summed E-state index contributed by atoms with van der Waals surface area (Å²) in [5.41, 5.74) is 7.01. The molecule has 2 aromatic carbocycles. The lowest BCUT2D eigenvalue weighted by atomic mass is 10.1. The Kier molecular flexibility index (Phi) is 4.26. The first kappa shape index (κ1) is 13.2. The van der Waals surface area contributed by atoms with Crippen LogP contribution in [0.15, 0.2) is 54.6 Å². The van der Waals surface area contributed by atoms with Crippen molar-refractivity contribution in [3.8, 4) is 0 Å². The molecule has 19 heavy (non-hydrogen) atoms. The molecule has 2 aromatic rings. The summed E-state index contributed by atoms with van der Waals surface area (Å²) in [5.74, 6) is -0.473. The van der Waals surface area contributed by atoms with E-state index in [1.807, 2.05) is 13.0 Å². The first-order valence-corrected chi connectivity index (χ1v) is 6.03. The third-order valence-corrected chi connectivity index (χ3v) is 2.81. The van der Waals surface area contributed by atoms with Crippen LogP contribution in [0, 0.1) is 5.82 Å². The maximum absolute atomic E-state index is 12.8. The topological polar surface area (TPSA) is 41.1 Å². The van der Waals surface area contributed by atoms with Gasteiger partial charge in [-0.3, -0.25) is 10.2 Å². The standard InChI is InChI=1S/C15H15FN2O/c1-11(12-7-9-14(16)10-8-12)17-18-15(19)13-5-3-2-4-6-13/h2-11,17H,1H3,(H,18,19)/t11-/m1/s1. The summed E-state index contributed by atoms with van der Waals surface area (Å²) in [7, 11) is 0. The van der Waals surface area contributed by atoms with Gasteiger partial charge in [-0.1, -0.05) is 30.3 Å². The van der Waals surface area contributed by atoms with Crippen LogP contribution in [0.1, 0.15) is 28.9 Å². The van der Waals surface area contributed by atoms with Crippen LogP contribution in [0.5, 0.6) is 0 Å². The average molecular weight is 258 g/mol. The van der Waals surface area contributed by atoms with Crippen molar-refractivity contribution in [3.63, 3.8) is 0 Å². The van der Waals surface area contributed by atoms with Gasteiger partial charge in [0, 0.05) is 11.6 Å². The van der Waals surface area contributed by atoms with Crippen molar-refractivity contribution >= 4 is 5.91 Å². The van der Waals surface area contributed by atoms with Crippen LogP contribution in [-0.4, -0.2) is 5.91 Å². The Hall–Kier alpha value is -2.20. The monoisotopic (exact) mass is 258 g/mol. The number of hydrazine groups is 1. The molecular formula is C15H15FN2O. The Bertz CT molecular complexity index is 540. The van der Waals surface area contributed by atoms with E-state index in [1.54, 1.807) is 36.4 Å². The highest BCUT2D eigenvalue weighted by molar-refractivity contribution is 5.93. The molecule has 4 heteroatoms. The zero-order valence-corrected chi connectivity index (χ0v) is 10.6. The fourth-order valence-corrected chi connectivity index (χ4v) is 1.67. The molecule has 0 aliphatic rings. The Morgan fingerprint density at radius 1 is 1.05 bits per heavy atom. The van der Waals surface area contributed by atoms with Crippen LogP contribution in [0.4, 0.5) is 4.39 Å². The van der Waals surface area contributed by atoms with Crippen LogP contribution in [0.25, 0.3) is 0 Å². The summed E-state index contributed by atoms with van der Waals surface area (Å²) in [6.07, 6.45) is 0. The molecule has 98 valence electrons. The second-order valence-electron chi connectivity index (χ2n) is 4.24. The van der Waals surface area contributed by atoms with Gasteiger partial charge < -0.3 is 0 Å². The molecule has 0 aromatic heterocycles. The Morgan fingerprint density at radius 2 is 1.68 bits per heavy atom. The van der Waals surface area contributed by atoms with Crippen LogP contribution >= 0.6 is 0 Å². The highest BCUT2D eigenvalue weighted by Crippen LogP contribution is 2.11. The largest absolute Gasteiger partial charge is 0.287 e. The van der Waals surface area contributed by atoms with Gasteiger partial charge in [0.15, 0.2) is 0 Å². The van der Waals surface area contributed by atoms with Gasteiger partial charge in [-0.15, -0.1) is 0 Å². The van der Waals surface area contributed by atoms with Crippen LogP contribution in [-0.2, 0) is 0 Å². The molecule has 0 aliphatic heterocycles. The molecule has 0 spiro atoms. The van der Waals surface area contributed by atoms with Crippen LogP contribution < -0.4 is 10.9 Å². The third kappa shape index (κ3) is 3.63. The number of nitrogens with one attached hydrogen (secondary N) is 2. The number of amides is 1. The molecule has 0 unspecified atom stereocenters. The maximum atomic E-state index is 12.8. The van der Waals surface area contributed by atoms with Gasteiger partial charge in [0.05, 0.1) is 0 Å². The smallest absolute Gasteiger partial charge is 0.265 e. The summed E-state index contributed by atoms with van der Waals surface area (Å²) >= 11 is 0. The third-order valence-electron chi connectivity index (χ3n) is 2.81. The summed E-state index contributed by atoms with van der Waals surface area (Å²) in [6, 6.07) is 15.0. The Labute approximate surface area is 111 Å². The van der Waals surface area contributed by atoms with Gasteiger partial charge in [-0.25, -0.2) is 9.82 Å². The first-order valence-electron chi connectivity index (χ1n) is 6.03.